The first-order valence-corrected chi connectivity index (χ1v) is 22.8. The quantitative estimate of drug-likeness (QED) is 0.163. The third kappa shape index (κ3) is 5.42. The smallest absolute Gasteiger partial charge is 0.0541 e. The van der Waals surface area contributed by atoms with Crippen molar-refractivity contribution in [3.63, 3.8) is 0 Å². The summed E-state index contributed by atoms with van der Waals surface area (Å²) >= 11 is 0. The summed E-state index contributed by atoms with van der Waals surface area (Å²) in [4.78, 5) is 0. The van der Waals surface area contributed by atoms with Gasteiger partial charge in [-0.2, -0.15) is 0 Å². The number of benzene rings is 12. The molecule has 0 radical (unpaired) electrons. The summed E-state index contributed by atoms with van der Waals surface area (Å²) in [5.41, 5.74) is 14.6. The average Bonchev–Trinajstić information content (AvgIpc) is 3.90. The van der Waals surface area contributed by atoms with Crippen LogP contribution in [0.15, 0.2) is 243 Å². The zero-order chi connectivity index (χ0) is 43.3. The first-order chi connectivity index (χ1) is 32.8. The molecule has 0 spiro atoms. The number of aromatic nitrogens is 2. The second-order valence-corrected chi connectivity index (χ2v) is 17.6. The molecule has 306 valence electrons. The van der Waals surface area contributed by atoms with Crippen LogP contribution in [0, 0.1) is 0 Å². The van der Waals surface area contributed by atoms with Gasteiger partial charge in [0.15, 0.2) is 0 Å². The van der Waals surface area contributed by atoms with Gasteiger partial charge in [0.1, 0.15) is 0 Å². The fourth-order valence-corrected chi connectivity index (χ4v) is 11.2. The minimum absolute atomic E-state index is 1.17. The Hall–Kier alpha value is -8.72. The van der Waals surface area contributed by atoms with Crippen molar-refractivity contribution in [3.8, 4) is 44.8 Å². The van der Waals surface area contributed by atoms with Gasteiger partial charge < -0.3 is 9.13 Å². The highest BCUT2D eigenvalue weighted by molar-refractivity contribution is 6.16. The Morgan fingerprint density at radius 2 is 0.545 bits per heavy atom. The van der Waals surface area contributed by atoms with Crippen LogP contribution in [0.3, 0.4) is 0 Å². The van der Waals surface area contributed by atoms with Gasteiger partial charge in [-0.3, -0.25) is 0 Å². The molecule has 0 fully saturated rings. The number of para-hydroxylation sites is 4. The number of hydrogen-bond donors (Lipinski definition) is 0. The summed E-state index contributed by atoms with van der Waals surface area (Å²) in [5, 5.41) is 15.0. The molecule has 0 aliphatic rings. The monoisotopic (exact) mass is 836 g/mol. The van der Waals surface area contributed by atoms with Gasteiger partial charge in [-0.15, -0.1) is 0 Å². The Bertz CT molecular complexity index is 4190. The van der Waals surface area contributed by atoms with Gasteiger partial charge in [0.05, 0.1) is 27.8 Å². The molecule has 2 nitrogen and oxygen atoms in total. The lowest BCUT2D eigenvalue weighted by Crippen LogP contribution is -1.96. The lowest BCUT2D eigenvalue weighted by atomic mass is 9.87. The highest BCUT2D eigenvalue weighted by Gasteiger charge is 2.19. The van der Waals surface area contributed by atoms with Crippen molar-refractivity contribution >= 4 is 86.7 Å². The third-order valence-corrected chi connectivity index (χ3v) is 14.1. The van der Waals surface area contributed by atoms with Gasteiger partial charge in [0.25, 0.3) is 0 Å². The van der Waals surface area contributed by atoms with Crippen molar-refractivity contribution in [3.05, 3.63) is 243 Å². The van der Waals surface area contributed by atoms with Crippen molar-refractivity contribution in [2.24, 2.45) is 0 Å². The lowest BCUT2D eigenvalue weighted by Gasteiger charge is -2.18. The minimum atomic E-state index is 1.17. The summed E-state index contributed by atoms with van der Waals surface area (Å²) < 4.78 is 4.83. The Morgan fingerprint density at radius 1 is 0.212 bits per heavy atom. The van der Waals surface area contributed by atoms with Crippen LogP contribution >= 0.6 is 0 Å². The molecule has 0 saturated carbocycles. The van der Waals surface area contributed by atoms with E-state index in [-0.39, 0.29) is 0 Å². The van der Waals surface area contributed by atoms with Crippen molar-refractivity contribution in [2.75, 3.05) is 0 Å². The van der Waals surface area contributed by atoms with Gasteiger partial charge in [-0.25, -0.2) is 0 Å². The second-order valence-electron chi connectivity index (χ2n) is 17.6. The van der Waals surface area contributed by atoms with Gasteiger partial charge in [-0.05, 0) is 120 Å². The second kappa shape index (κ2) is 14.4. The molecule has 2 aromatic heterocycles. The normalized spacial score (nSPS) is 11.9. The molecule has 0 aliphatic heterocycles. The molecule has 66 heavy (non-hydrogen) atoms. The molecule has 0 atom stereocenters. The first kappa shape index (κ1) is 36.7. The standard InChI is InChI=1S/C64H40N2/c1-2-16-47-46(15-1)45(43-30-29-42-40-44(32-31-41(42)39-43)65-60-25-11-7-21-56(60)57-22-8-12-26-61(57)65)33-34-51(47)52-35-36-53(49-18-4-3-17-48(49)52)54-37-38-64(55-20-6-5-19-50(54)55)66-62-27-13-9-23-58(62)59-24-10-14-28-63(59)66/h1-40H. The predicted octanol–water partition coefficient (Wildman–Crippen LogP) is 17.5. The SMILES string of the molecule is c1ccc2c(-c3ccc(-c4ccc(-n5c6ccccc6c6ccccc65)c5ccccc45)c4ccccc34)ccc(-c3ccc4cc(-n5c6ccccc6c6ccccc65)ccc4c3)c2c1. The van der Waals surface area contributed by atoms with E-state index in [1.807, 2.05) is 0 Å². The highest BCUT2D eigenvalue weighted by atomic mass is 15.0. The molecule has 0 unspecified atom stereocenters. The average molecular weight is 837 g/mol. The zero-order valence-corrected chi connectivity index (χ0v) is 36.0. The molecule has 0 saturated heterocycles. The maximum atomic E-state index is 2.44. The Morgan fingerprint density at radius 3 is 1.03 bits per heavy atom. The number of hydrogen-bond acceptors (Lipinski definition) is 0. The maximum absolute atomic E-state index is 2.44. The fourth-order valence-electron chi connectivity index (χ4n) is 11.2. The van der Waals surface area contributed by atoms with Gasteiger partial charge in [0.2, 0.25) is 0 Å². The van der Waals surface area contributed by atoms with Crippen molar-refractivity contribution in [1.82, 2.24) is 9.13 Å². The number of fused-ring (bicyclic) bond motifs is 10. The van der Waals surface area contributed by atoms with Crippen LogP contribution in [0.4, 0.5) is 0 Å². The summed E-state index contributed by atoms with van der Waals surface area (Å²) in [6, 6.07) is 89.5. The van der Waals surface area contributed by atoms with E-state index in [0.717, 1.165) is 0 Å². The molecular weight excluding hydrogens is 797 g/mol. The van der Waals surface area contributed by atoms with Crippen LogP contribution in [0.1, 0.15) is 0 Å². The molecular formula is C64H40N2. The van der Waals surface area contributed by atoms with E-state index in [9.17, 15) is 0 Å². The van der Waals surface area contributed by atoms with E-state index in [1.54, 1.807) is 0 Å². The van der Waals surface area contributed by atoms with Gasteiger partial charge >= 0.3 is 0 Å². The number of nitrogens with zero attached hydrogens (tertiary/aromatic N) is 2. The molecule has 0 bridgehead atoms. The highest BCUT2D eigenvalue weighted by Crippen LogP contribution is 2.44. The Kier molecular flexibility index (Phi) is 8.02. The van der Waals surface area contributed by atoms with E-state index >= 15 is 0 Å². The third-order valence-electron chi connectivity index (χ3n) is 14.1. The molecule has 0 amide bonds. The van der Waals surface area contributed by atoms with Crippen LogP contribution in [0.2, 0.25) is 0 Å². The topological polar surface area (TPSA) is 9.86 Å². The first-order valence-electron chi connectivity index (χ1n) is 22.8. The van der Waals surface area contributed by atoms with E-state index in [0.29, 0.717) is 0 Å². The summed E-state index contributed by atoms with van der Waals surface area (Å²) in [6.45, 7) is 0. The van der Waals surface area contributed by atoms with Crippen molar-refractivity contribution in [2.45, 2.75) is 0 Å². The molecule has 14 aromatic rings. The van der Waals surface area contributed by atoms with Crippen LogP contribution in [0.5, 0.6) is 0 Å². The van der Waals surface area contributed by atoms with Crippen LogP contribution in [0.25, 0.3) is 131 Å². The van der Waals surface area contributed by atoms with E-state index in [1.165, 1.54) is 131 Å². The van der Waals surface area contributed by atoms with Crippen LogP contribution in [-0.2, 0) is 0 Å². The Labute approximate surface area is 381 Å². The molecule has 0 aliphatic carbocycles. The van der Waals surface area contributed by atoms with Gasteiger partial charge in [0, 0.05) is 32.6 Å². The molecule has 2 heterocycles. The van der Waals surface area contributed by atoms with E-state index < -0.39 is 0 Å². The number of rotatable bonds is 5. The maximum Gasteiger partial charge on any atom is 0.0541 e. The molecule has 2 heteroatoms. The van der Waals surface area contributed by atoms with Crippen LogP contribution < -0.4 is 0 Å². The predicted molar refractivity (Wildman–Crippen MR) is 281 cm³/mol. The van der Waals surface area contributed by atoms with E-state index in [4.69, 9.17) is 0 Å². The molecule has 12 aromatic carbocycles. The van der Waals surface area contributed by atoms with Crippen LogP contribution in [-0.4, -0.2) is 9.13 Å². The lowest BCUT2D eigenvalue weighted by molar-refractivity contribution is 1.19. The molecule has 0 N–H and O–H groups in total. The molecule has 14 rings (SSSR count). The summed E-state index contributed by atoms with van der Waals surface area (Å²) in [5.74, 6) is 0. The minimum Gasteiger partial charge on any atom is -0.309 e. The van der Waals surface area contributed by atoms with Crippen molar-refractivity contribution < 1.29 is 0 Å². The fraction of sp³-hybridized carbons (Fsp3) is 0. The largest absolute Gasteiger partial charge is 0.309 e. The summed E-state index contributed by atoms with van der Waals surface area (Å²) in [6.07, 6.45) is 0. The van der Waals surface area contributed by atoms with Gasteiger partial charge in [-0.1, -0.05) is 194 Å². The van der Waals surface area contributed by atoms with E-state index in [2.05, 4.69) is 252 Å². The van der Waals surface area contributed by atoms with Crippen molar-refractivity contribution in [1.29, 1.82) is 0 Å². The Balaban J connectivity index is 0.875. The summed E-state index contributed by atoms with van der Waals surface area (Å²) in [7, 11) is 0. The zero-order valence-electron chi connectivity index (χ0n) is 36.0.